The second-order valence-corrected chi connectivity index (χ2v) is 19.1. The molecule has 0 saturated carbocycles. The van der Waals surface area contributed by atoms with Crippen molar-refractivity contribution in [1.82, 2.24) is 0 Å². The Balaban J connectivity index is 8.49. The van der Waals surface area contributed by atoms with E-state index in [1.165, 1.54) is 0 Å². The lowest BCUT2D eigenvalue weighted by atomic mass is 9.94. The monoisotopic (exact) mass is 613 g/mol. The van der Waals surface area contributed by atoms with Crippen LogP contribution in [0.15, 0.2) is 0 Å². The highest BCUT2D eigenvalue weighted by atomic mass is 28.5. The van der Waals surface area contributed by atoms with Crippen molar-refractivity contribution in [2.75, 3.05) is 59.5 Å². The van der Waals surface area contributed by atoms with Crippen molar-refractivity contribution in [2.45, 2.75) is 99.7 Å². The van der Waals surface area contributed by atoms with Crippen LogP contribution in [0, 0.1) is 18.8 Å². The summed E-state index contributed by atoms with van der Waals surface area (Å²) in [5, 5.41) is 0. The molecule has 0 aromatic heterocycles. The molecule has 0 heterocycles. The van der Waals surface area contributed by atoms with Crippen molar-refractivity contribution in [3.63, 3.8) is 0 Å². The van der Waals surface area contributed by atoms with E-state index in [4.69, 9.17) is 39.8 Å². The number of hydrogen-bond donors (Lipinski definition) is 0. The van der Waals surface area contributed by atoms with Crippen LogP contribution < -0.4 is 0 Å². The zero-order chi connectivity index (χ0) is 30.0. The van der Waals surface area contributed by atoms with Gasteiger partial charge in [-0.25, -0.2) is 0 Å². The molecule has 39 heavy (non-hydrogen) atoms. The summed E-state index contributed by atoms with van der Waals surface area (Å²) >= 11 is 0. The van der Waals surface area contributed by atoms with Gasteiger partial charge in [-0.05, 0) is 80.6 Å². The average Bonchev–Trinajstić information content (AvgIpc) is 2.86. The van der Waals surface area contributed by atoms with Gasteiger partial charge in [0.2, 0.25) is 0 Å². The Kier molecular flexibility index (Phi) is 20.4. The molecular formula is C27H61O9Si3. The van der Waals surface area contributed by atoms with Gasteiger partial charge in [-0.2, -0.15) is 0 Å². The summed E-state index contributed by atoms with van der Waals surface area (Å²) in [6.45, 7) is 29.4. The van der Waals surface area contributed by atoms with E-state index in [-0.39, 0.29) is 5.92 Å². The minimum absolute atomic E-state index is 0.192. The molecule has 1 radical (unpaired) electrons. The Hall–Kier alpha value is 0.291. The first kappa shape index (κ1) is 39.3. The molecule has 0 saturated heterocycles. The topological polar surface area (TPSA) is 83.1 Å². The second kappa shape index (κ2) is 20.2. The Labute approximate surface area is 244 Å². The molecule has 0 bridgehead atoms. The van der Waals surface area contributed by atoms with Gasteiger partial charge >= 0.3 is 26.4 Å². The maximum absolute atomic E-state index is 6.80. The maximum atomic E-state index is 6.80. The summed E-state index contributed by atoms with van der Waals surface area (Å²) in [5.41, 5.74) is 0. The van der Waals surface area contributed by atoms with Crippen molar-refractivity contribution < 1.29 is 39.8 Å². The quantitative estimate of drug-likeness (QED) is 0.105. The third-order valence-corrected chi connectivity index (χ3v) is 22.6. The molecule has 0 fully saturated rings. The predicted molar refractivity (Wildman–Crippen MR) is 162 cm³/mol. The van der Waals surface area contributed by atoms with Gasteiger partial charge in [-0.1, -0.05) is 33.6 Å². The molecule has 0 amide bonds. The Bertz CT molecular complexity index is 499. The van der Waals surface area contributed by atoms with Crippen LogP contribution in [0.25, 0.3) is 0 Å². The van der Waals surface area contributed by atoms with Crippen molar-refractivity contribution in [2.24, 2.45) is 11.8 Å². The molecule has 0 rings (SSSR count). The van der Waals surface area contributed by atoms with E-state index in [0.29, 0.717) is 65.4 Å². The zero-order valence-electron chi connectivity index (χ0n) is 27.0. The van der Waals surface area contributed by atoms with Gasteiger partial charge in [0.25, 0.3) is 0 Å². The van der Waals surface area contributed by atoms with E-state index in [2.05, 4.69) is 20.8 Å². The van der Waals surface area contributed by atoms with Crippen LogP contribution in [0.3, 0.4) is 0 Å². The fraction of sp³-hybridized carbons (Fsp3) is 0.963. The zero-order valence-corrected chi connectivity index (χ0v) is 30.0. The highest BCUT2D eigenvalue weighted by Gasteiger charge is 2.91. The third-order valence-electron chi connectivity index (χ3n) is 6.65. The first-order chi connectivity index (χ1) is 18.7. The molecule has 235 valence electrons. The molecule has 2 atom stereocenters. The summed E-state index contributed by atoms with van der Waals surface area (Å²) in [6.07, 6.45) is 2.58. The van der Waals surface area contributed by atoms with Crippen molar-refractivity contribution in [1.29, 1.82) is 0 Å². The fourth-order valence-corrected chi connectivity index (χ4v) is 22.6. The smallest absolute Gasteiger partial charge is 0.373 e. The Morgan fingerprint density at radius 3 is 0.897 bits per heavy atom. The number of hydrogen-bond acceptors (Lipinski definition) is 9. The van der Waals surface area contributed by atoms with Gasteiger partial charge < -0.3 is 39.8 Å². The van der Waals surface area contributed by atoms with Gasteiger partial charge in [-0.3, -0.25) is 0 Å². The molecule has 0 aromatic rings. The molecular weight excluding hydrogens is 553 g/mol. The standard InChI is InChI=1S/C27H61O9Si3/c1-13-23-25(11)24-26(12)27(37(28-14-2,29-15-3)30-16-4,38(31-17-5,32-18-6)33-19-7)39(34-20-8,35-21-9)36-22-10/h25-26H,1,13-24H2,2-12H3. The van der Waals surface area contributed by atoms with Gasteiger partial charge in [0.05, 0.1) is 0 Å². The van der Waals surface area contributed by atoms with E-state index in [1.54, 1.807) is 0 Å². The molecule has 2 unspecified atom stereocenters. The molecule has 0 aromatic carbocycles. The largest absolute Gasteiger partial charge is 0.517 e. The van der Waals surface area contributed by atoms with Crippen LogP contribution in [0.2, 0.25) is 4.28 Å². The van der Waals surface area contributed by atoms with Crippen LogP contribution >= 0.6 is 0 Å². The molecule has 0 aliphatic carbocycles. The van der Waals surface area contributed by atoms with Crippen LogP contribution in [0.5, 0.6) is 0 Å². The minimum atomic E-state index is -3.86. The van der Waals surface area contributed by atoms with E-state index in [0.717, 1.165) is 19.3 Å². The van der Waals surface area contributed by atoms with E-state index < -0.39 is 30.7 Å². The van der Waals surface area contributed by atoms with Gasteiger partial charge in [0.15, 0.2) is 4.28 Å². The first-order valence-corrected chi connectivity index (χ1v) is 20.4. The minimum Gasteiger partial charge on any atom is -0.373 e. The van der Waals surface area contributed by atoms with E-state index in [1.807, 2.05) is 62.3 Å². The molecule has 9 nitrogen and oxygen atoms in total. The molecule has 0 N–H and O–H groups in total. The average molecular weight is 614 g/mol. The van der Waals surface area contributed by atoms with Gasteiger partial charge in [-0.15, -0.1) is 0 Å². The maximum Gasteiger partial charge on any atom is 0.517 e. The van der Waals surface area contributed by atoms with Crippen molar-refractivity contribution >= 4 is 26.4 Å². The summed E-state index contributed by atoms with van der Waals surface area (Å²) in [6, 6.07) is 0. The fourth-order valence-electron chi connectivity index (χ4n) is 5.82. The molecule has 0 aliphatic heterocycles. The summed E-state index contributed by atoms with van der Waals surface area (Å²) < 4.78 is 60.0. The van der Waals surface area contributed by atoms with Crippen molar-refractivity contribution in [3.8, 4) is 0 Å². The van der Waals surface area contributed by atoms with Gasteiger partial charge in [0, 0.05) is 59.5 Å². The molecule has 0 aliphatic rings. The number of rotatable bonds is 26. The normalized spacial score (nSPS) is 15.1. The lowest BCUT2D eigenvalue weighted by Crippen LogP contribution is -2.83. The second-order valence-electron chi connectivity index (χ2n) is 9.26. The van der Waals surface area contributed by atoms with Crippen LogP contribution in [-0.2, 0) is 39.8 Å². The summed E-state index contributed by atoms with van der Waals surface area (Å²) in [7, 11) is -11.6. The van der Waals surface area contributed by atoms with Gasteiger partial charge in [0.1, 0.15) is 0 Å². The lowest BCUT2D eigenvalue weighted by Gasteiger charge is -2.58. The van der Waals surface area contributed by atoms with Crippen LogP contribution in [-0.4, -0.2) is 85.9 Å². The highest BCUT2D eigenvalue weighted by Crippen LogP contribution is 2.63. The highest BCUT2D eigenvalue weighted by molar-refractivity contribution is 7.02. The van der Waals surface area contributed by atoms with Crippen molar-refractivity contribution in [3.05, 3.63) is 6.92 Å². The Morgan fingerprint density at radius 1 is 0.487 bits per heavy atom. The third kappa shape index (κ3) is 8.66. The summed E-state index contributed by atoms with van der Waals surface area (Å²) in [4.78, 5) is 0. The molecule has 12 heteroatoms. The van der Waals surface area contributed by atoms with Crippen LogP contribution in [0.1, 0.15) is 95.4 Å². The molecule has 0 spiro atoms. The SMILES string of the molecule is [CH2]CCC(C)CC(C)C([Si](OCC)(OCC)OCC)([Si](OCC)(OCC)OCC)[Si](OCC)(OCC)OCC. The lowest BCUT2D eigenvalue weighted by molar-refractivity contribution is -0.0238. The van der Waals surface area contributed by atoms with E-state index >= 15 is 0 Å². The van der Waals surface area contributed by atoms with Crippen LogP contribution in [0.4, 0.5) is 0 Å². The van der Waals surface area contributed by atoms with E-state index in [9.17, 15) is 0 Å². The Morgan fingerprint density at radius 2 is 0.718 bits per heavy atom. The first-order valence-electron chi connectivity index (χ1n) is 15.2. The summed E-state index contributed by atoms with van der Waals surface area (Å²) in [5.74, 6) is 0.143. The predicted octanol–water partition coefficient (Wildman–Crippen LogP) is 6.23.